The molecule has 1 fully saturated rings. The summed E-state index contributed by atoms with van der Waals surface area (Å²) in [7, 11) is 0. The minimum absolute atomic E-state index is 0.0144. The number of nitrogens with two attached hydrogens (primary N) is 1. The predicted octanol–water partition coefficient (Wildman–Crippen LogP) is 1.14. The number of nitrogens with one attached hydrogen (secondary N) is 1. The standard InChI is InChI=1S/C14H21N3O2/c15-12-4-5-13(17-9-12)8-14(18)16-6-1-7-19-10-11-2-3-11/h4-5,9,11H,1-3,6-8,10,15H2,(H,16,18). The third kappa shape index (κ3) is 5.70. The van der Waals surface area contributed by atoms with Gasteiger partial charge in [0.2, 0.25) is 5.91 Å². The van der Waals surface area contributed by atoms with Crippen LogP contribution < -0.4 is 11.1 Å². The minimum atomic E-state index is -0.0144. The third-order valence-corrected chi connectivity index (χ3v) is 3.03. The number of carbonyl (C=O) groups excluding carboxylic acids is 1. The second-order valence-electron chi connectivity index (χ2n) is 4.98. The van der Waals surface area contributed by atoms with Crippen molar-refractivity contribution in [2.75, 3.05) is 25.5 Å². The number of amides is 1. The predicted molar refractivity (Wildman–Crippen MR) is 73.5 cm³/mol. The molecule has 0 radical (unpaired) electrons. The Morgan fingerprint density at radius 2 is 2.32 bits per heavy atom. The van der Waals surface area contributed by atoms with Gasteiger partial charge in [0.15, 0.2) is 0 Å². The van der Waals surface area contributed by atoms with E-state index in [4.69, 9.17) is 10.5 Å². The van der Waals surface area contributed by atoms with Crippen molar-refractivity contribution >= 4 is 11.6 Å². The van der Waals surface area contributed by atoms with Gasteiger partial charge in [-0.15, -0.1) is 0 Å². The maximum absolute atomic E-state index is 11.6. The number of ether oxygens (including phenoxy) is 1. The van der Waals surface area contributed by atoms with Gasteiger partial charge >= 0.3 is 0 Å². The lowest BCUT2D eigenvalue weighted by atomic mass is 10.2. The van der Waals surface area contributed by atoms with Crippen LogP contribution in [0.3, 0.4) is 0 Å². The highest BCUT2D eigenvalue weighted by Crippen LogP contribution is 2.28. The molecule has 0 saturated heterocycles. The van der Waals surface area contributed by atoms with E-state index in [-0.39, 0.29) is 5.91 Å². The van der Waals surface area contributed by atoms with E-state index in [9.17, 15) is 4.79 Å². The van der Waals surface area contributed by atoms with E-state index in [0.717, 1.165) is 31.2 Å². The fourth-order valence-corrected chi connectivity index (χ4v) is 1.70. The van der Waals surface area contributed by atoms with Crippen LogP contribution in [0.4, 0.5) is 5.69 Å². The Balaban J connectivity index is 1.52. The van der Waals surface area contributed by atoms with Crippen LogP contribution in [0.1, 0.15) is 25.0 Å². The van der Waals surface area contributed by atoms with E-state index in [0.29, 0.717) is 18.7 Å². The summed E-state index contributed by atoms with van der Waals surface area (Å²) >= 11 is 0. The molecule has 0 aromatic carbocycles. The van der Waals surface area contributed by atoms with E-state index in [1.807, 2.05) is 0 Å². The highest BCUT2D eigenvalue weighted by atomic mass is 16.5. The topological polar surface area (TPSA) is 77.2 Å². The second kappa shape index (κ2) is 7.09. The molecule has 0 aliphatic heterocycles. The summed E-state index contributed by atoms with van der Waals surface area (Å²) in [4.78, 5) is 15.7. The van der Waals surface area contributed by atoms with Gasteiger partial charge < -0.3 is 15.8 Å². The zero-order valence-corrected chi connectivity index (χ0v) is 11.1. The molecule has 104 valence electrons. The molecule has 1 aromatic heterocycles. The van der Waals surface area contributed by atoms with Gasteiger partial charge in [-0.25, -0.2) is 0 Å². The molecule has 0 spiro atoms. The van der Waals surface area contributed by atoms with E-state index in [1.165, 1.54) is 12.8 Å². The van der Waals surface area contributed by atoms with Crippen LogP contribution in [0.5, 0.6) is 0 Å². The zero-order valence-electron chi connectivity index (χ0n) is 11.1. The number of pyridine rings is 1. The summed E-state index contributed by atoms with van der Waals surface area (Å²) in [6, 6.07) is 3.52. The van der Waals surface area contributed by atoms with Gasteiger partial charge in [-0.05, 0) is 37.3 Å². The first-order valence-corrected chi connectivity index (χ1v) is 6.79. The van der Waals surface area contributed by atoms with Gasteiger partial charge in [0.25, 0.3) is 0 Å². The molecule has 2 rings (SSSR count). The maximum atomic E-state index is 11.6. The van der Waals surface area contributed by atoms with Crippen molar-refractivity contribution in [1.29, 1.82) is 0 Å². The summed E-state index contributed by atoms with van der Waals surface area (Å²) in [6.45, 7) is 2.25. The first-order valence-electron chi connectivity index (χ1n) is 6.79. The van der Waals surface area contributed by atoms with Crippen molar-refractivity contribution in [3.05, 3.63) is 24.0 Å². The molecule has 1 heterocycles. The first kappa shape index (κ1) is 13.8. The number of rotatable bonds is 8. The lowest BCUT2D eigenvalue weighted by molar-refractivity contribution is -0.120. The molecule has 19 heavy (non-hydrogen) atoms. The average Bonchev–Trinajstić information content (AvgIpc) is 3.20. The normalized spacial score (nSPS) is 14.3. The highest BCUT2D eigenvalue weighted by Gasteiger charge is 2.20. The monoisotopic (exact) mass is 263 g/mol. The highest BCUT2D eigenvalue weighted by molar-refractivity contribution is 5.78. The summed E-state index contributed by atoms with van der Waals surface area (Å²) in [5.41, 5.74) is 6.87. The van der Waals surface area contributed by atoms with E-state index in [1.54, 1.807) is 18.3 Å². The van der Waals surface area contributed by atoms with Crippen molar-refractivity contribution in [3.8, 4) is 0 Å². The number of carbonyl (C=O) groups is 1. The number of hydrogen-bond acceptors (Lipinski definition) is 4. The van der Waals surface area contributed by atoms with E-state index >= 15 is 0 Å². The number of nitrogens with zero attached hydrogens (tertiary/aromatic N) is 1. The van der Waals surface area contributed by atoms with Crippen LogP contribution in [-0.2, 0) is 16.0 Å². The molecule has 0 atom stereocenters. The Hall–Kier alpha value is -1.62. The zero-order chi connectivity index (χ0) is 13.5. The van der Waals surface area contributed by atoms with Crippen LogP contribution in [0.2, 0.25) is 0 Å². The first-order chi connectivity index (χ1) is 9.24. The van der Waals surface area contributed by atoms with Gasteiger partial charge in [-0.2, -0.15) is 0 Å². The Kier molecular flexibility index (Phi) is 5.15. The fraction of sp³-hybridized carbons (Fsp3) is 0.571. The van der Waals surface area contributed by atoms with Crippen LogP contribution in [0.25, 0.3) is 0 Å². The molecule has 1 aliphatic carbocycles. The SMILES string of the molecule is Nc1ccc(CC(=O)NCCCOCC2CC2)nc1. The molecule has 5 heteroatoms. The maximum Gasteiger partial charge on any atom is 0.226 e. The largest absolute Gasteiger partial charge is 0.397 e. The van der Waals surface area contributed by atoms with Crippen molar-refractivity contribution in [2.45, 2.75) is 25.7 Å². The second-order valence-corrected chi connectivity index (χ2v) is 4.98. The summed E-state index contributed by atoms with van der Waals surface area (Å²) in [6.07, 6.45) is 5.34. The number of nitrogen functional groups attached to an aromatic ring is 1. The number of aromatic nitrogens is 1. The van der Waals surface area contributed by atoms with Crippen molar-refractivity contribution in [2.24, 2.45) is 5.92 Å². The summed E-state index contributed by atoms with van der Waals surface area (Å²) in [5.74, 6) is 0.783. The molecule has 1 saturated carbocycles. The van der Waals surface area contributed by atoms with Gasteiger partial charge in [0, 0.05) is 25.5 Å². The molecule has 0 bridgehead atoms. The van der Waals surface area contributed by atoms with Crippen molar-refractivity contribution in [3.63, 3.8) is 0 Å². The number of hydrogen-bond donors (Lipinski definition) is 2. The number of anilines is 1. The van der Waals surface area contributed by atoms with Crippen LogP contribution in [-0.4, -0.2) is 30.6 Å². The van der Waals surface area contributed by atoms with Crippen LogP contribution in [0.15, 0.2) is 18.3 Å². The quantitative estimate of drug-likeness (QED) is 0.689. The van der Waals surface area contributed by atoms with Crippen LogP contribution >= 0.6 is 0 Å². The average molecular weight is 263 g/mol. The third-order valence-electron chi connectivity index (χ3n) is 3.03. The van der Waals surface area contributed by atoms with Gasteiger partial charge in [-0.1, -0.05) is 0 Å². The summed E-state index contributed by atoms with van der Waals surface area (Å²) in [5, 5.41) is 2.86. The molecule has 1 amide bonds. The minimum Gasteiger partial charge on any atom is -0.397 e. The lowest BCUT2D eigenvalue weighted by Crippen LogP contribution is -2.27. The Bertz CT molecular complexity index is 402. The van der Waals surface area contributed by atoms with Gasteiger partial charge in [0.1, 0.15) is 0 Å². The molecule has 1 aromatic rings. The molecule has 3 N–H and O–H groups in total. The Labute approximate surface area is 113 Å². The molecule has 0 unspecified atom stereocenters. The van der Waals surface area contributed by atoms with Crippen molar-refractivity contribution < 1.29 is 9.53 Å². The van der Waals surface area contributed by atoms with E-state index < -0.39 is 0 Å². The van der Waals surface area contributed by atoms with Crippen molar-refractivity contribution in [1.82, 2.24) is 10.3 Å². The molecular formula is C14H21N3O2. The Morgan fingerprint density at radius 3 is 3.00 bits per heavy atom. The fourth-order valence-electron chi connectivity index (χ4n) is 1.70. The molecule has 1 aliphatic rings. The summed E-state index contributed by atoms with van der Waals surface area (Å²) < 4.78 is 5.49. The smallest absolute Gasteiger partial charge is 0.226 e. The molecular weight excluding hydrogens is 242 g/mol. The Morgan fingerprint density at radius 1 is 1.47 bits per heavy atom. The lowest BCUT2D eigenvalue weighted by Gasteiger charge is -2.06. The van der Waals surface area contributed by atoms with Crippen LogP contribution in [0, 0.1) is 5.92 Å². The van der Waals surface area contributed by atoms with E-state index in [2.05, 4.69) is 10.3 Å². The molecule has 5 nitrogen and oxygen atoms in total. The van der Waals surface area contributed by atoms with Gasteiger partial charge in [-0.3, -0.25) is 9.78 Å². The van der Waals surface area contributed by atoms with Gasteiger partial charge in [0.05, 0.1) is 18.3 Å².